The molecule has 2 bridgehead atoms. The zero-order valence-electron chi connectivity index (χ0n) is 12.9. The largest absolute Gasteiger partial charge is 0.376 e. The van der Waals surface area contributed by atoms with Crippen LogP contribution in [0.25, 0.3) is 0 Å². The highest BCUT2D eigenvalue weighted by Crippen LogP contribution is 2.66. The summed E-state index contributed by atoms with van der Waals surface area (Å²) in [7, 11) is 0. The second-order valence-electron chi connectivity index (χ2n) is 7.23. The van der Waals surface area contributed by atoms with E-state index in [1.54, 1.807) is 0 Å². The minimum Gasteiger partial charge on any atom is -0.376 e. The predicted molar refractivity (Wildman–Crippen MR) is 85.0 cm³/mol. The molecule has 20 heavy (non-hydrogen) atoms. The van der Waals surface area contributed by atoms with Gasteiger partial charge in [-0.1, -0.05) is 26.8 Å². The van der Waals surface area contributed by atoms with E-state index in [-0.39, 0.29) is 0 Å². The van der Waals surface area contributed by atoms with Crippen molar-refractivity contribution in [2.24, 2.45) is 16.7 Å². The molecular formula is C17H27NOS. The monoisotopic (exact) mass is 293 g/mol. The summed E-state index contributed by atoms with van der Waals surface area (Å²) in [5.74, 6) is 0.872. The quantitative estimate of drug-likeness (QED) is 0.798. The normalized spacial score (nSPS) is 34.8. The van der Waals surface area contributed by atoms with Crippen molar-refractivity contribution in [3.8, 4) is 0 Å². The van der Waals surface area contributed by atoms with Crippen LogP contribution in [-0.4, -0.2) is 19.3 Å². The summed E-state index contributed by atoms with van der Waals surface area (Å²) in [4.78, 5) is 1.40. The van der Waals surface area contributed by atoms with Gasteiger partial charge in [0.05, 0.1) is 12.7 Å². The number of nitrogens with one attached hydrogen (secondary N) is 1. The SMILES string of the molecule is CC1(C)C2CCC1(C)C(OCCNCc1cccs1)C2. The Hall–Kier alpha value is -0.380. The van der Waals surface area contributed by atoms with E-state index in [9.17, 15) is 0 Å². The summed E-state index contributed by atoms with van der Waals surface area (Å²) in [6, 6.07) is 4.29. The average molecular weight is 293 g/mol. The lowest BCUT2D eigenvalue weighted by Gasteiger charge is -2.38. The van der Waals surface area contributed by atoms with Crippen molar-refractivity contribution in [3.63, 3.8) is 0 Å². The molecule has 3 unspecified atom stereocenters. The van der Waals surface area contributed by atoms with Crippen molar-refractivity contribution < 1.29 is 4.74 Å². The van der Waals surface area contributed by atoms with Gasteiger partial charge in [0, 0.05) is 18.0 Å². The van der Waals surface area contributed by atoms with Crippen LogP contribution >= 0.6 is 11.3 Å². The molecule has 1 aromatic rings. The maximum Gasteiger partial charge on any atom is 0.0637 e. The lowest BCUT2D eigenvalue weighted by atomic mass is 9.70. The number of ether oxygens (including phenoxy) is 1. The Bertz CT molecular complexity index is 442. The topological polar surface area (TPSA) is 21.3 Å². The fourth-order valence-corrected chi connectivity index (χ4v) is 4.95. The zero-order valence-corrected chi connectivity index (χ0v) is 13.8. The minimum atomic E-state index is 0.394. The number of thiophene rings is 1. The van der Waals surface area contributed by atoms with Crippen LogP contribution in [0.3, 0.4) is 0 Å². The summed E-state index contributed by atoms with van der Waals surface area (Å²) in [5.41, 5.74) is 0.855. The van der Waals surface area contributed by atoms with Crippen molar-refractivity contribution in [1.82, 2.24) is 5.32 Å². The van der Waals surface area contributed by atoms with Crippen LogP contribution < -0.4 is 5.32 Å². The van der Waals surface area contributed by atoms with Gasteiger partial charge in [-0.15, -0.1) is 11.3 Å². The molecule has 3 heteroatoms. The molecule has 0 spiro atoms. The van der Waals surface area contributed by atoms with Crippen LogP contribution in [0.5, 0.6) is 0 Å². The summed E-state index contributed by atoms with van der Waals surface area (Å²) in [6.07, 6.45) is 4.49. The lowest BCUT2D eigenvalue weighted by Crippen LogP contribution is -2.38. The van der Waals surface area contributed by atoms with Gasteiger partial charge in [-0.25, -0.2) is 0 Å². The van der Waals surface area contributed by atoms with Gasteiger partial charge in [-0.2, -0.15) is 0 Å². The third-order valence-electron chi connectivity index (χ3n) is 6.19. The summed E-state index contributed by atoms with van der Waals surface area (Å²) < 4.78 is 6.24. The highest BCUT2D eigenvalue weighted by Gasteiger charge is 2.61. The third kappa shape index (κ3) is 2.34. The van der Waals surface area contributed by atoms with Gasteiger partial charge in [0.1, 0.15) is 0 Å². The standard InChI is InChI=1S/C17H27NOS/c1-16(2)13-6-7-17(16,3)15(11-13)19-9-8-18-12-14-5-4-10-20-14/h4-5,10,13,15,18H,6-9,11-12H2,1-3H3. The molecule has 2 nitrogen and oxygen atoms in total. The first-order valence-corrected chi connectivity index (χ1v) is 8.77. The van der Waals surface area contributed by atoms with Crippen LogP contribution in [0.2, 0.25) is 0 Å². The van der Waals surface area contributed by atoms with Crippen molar-refractivity contribution >= 4 is 11.3 Å². The molecule has 1 aromatic heterocycles. The van der Waals surface area contributed by atoms with Crippen LogP contribution in [0.15, 0.2) is 17.5 Å². The zero-order chi connectivity index (χ0) is 14.2. The van der Waals surface area contributed by atoms with Gasteiger partial charge in [0.2, 0.25) is 0 Å². The average Bonchev–Trinajstić information content (AvgIpc) is 3.04. The van der Waals surface area contributed by atoms with Gasteiger partial charge in [0.25, 0.3) is 0 Å². The first-order chi connectivity index (χ1) is 9.54. The van der Waals surface area contributed by atoms with Gasteiger partial charge in [-0.05, 0) is 47.5 Å². The Kier molecular flexibility index (Phi) is 3.95. The predicted octanol–water partition coefficient (Wildman–Crippen LogP) is 4.07. The molecule has 112 valence electrons. The molecule has 2 aliphatic carbocycles. The molecule has 0 saturated heterocycles. The summed E-state index contributed by atoms with van der Waals surface area (Å²) in [5, 5.41) is 5.61. The second kappa shape index (κ2) is 5.43. The lowest BCUT2D eigenvalue weighted by molar-refractivity contribution is -0.0450. The first kappa shape index (κ1) is 14.6. The van der Waals surface area contributed by atoms with E-state index in [2.05, 4.69) is 43.6 Å². The molecular weight excluding hydrogens is 266 g/mol. The molecule has 1 heterocycles. The van der Waals surface area contributed by atoms with E-state index in [1.165, 1.54) is 24.1 Å². The molecule has 2 aliphatic rings. The maximum absolute atomic E-state index is 6.24. The van der Waals surface area contributed by atoms with Gasteiger partial charge in [-0.3, -0.25) is 0 Å². The van der Waals surface area contributed by atoms with Crippen molar-refractivity contribution in [2.75, 3.05) is 13.2 Å². The Morgan fingerprint density at radius 1 is 1.40 bits per heavy atom. The Labute approximate surface area is 126 Å². The molecule has 0 aliphatic heterocycles. The van der Waals surface area contributed by atoms with Crippen molar-refractivity contribution in [3.05, 3.63) is 22.4 Å². The van der Waals surface area contributed by atoms with Crippen LogP contribution in [0, 0.1) is 16.7 Å². The summed E-state index contributed by atoms with van der Waals surface area (Å²) >= 11 is 1.81. The molecule has 2 saturated carbocycles. The van der Waals surface area contributed by atoms with E-state index in [0.29, 0.717) is 16.9 Å². The van der Waals surface area contributed by atoms with E-state index in [0.717, 1.165) is 25.6 Å². The van der Waals surface area contributed by atoms with Gasteiger partial charge < -0.3 is 10.1 Å². The number of fused-ring (bicyclic) bond motifs is 2. The molecule has 3 rings (SSSR count). The second-order valence-corrected chi connectivity index (χ2v) is 8.26. The van der Waals surface area contributed by atoms with Crippen LogP contribution in [0.4, 0.5) is 0 Å². The van der Waals surface area contributed by atoms with Gasteiger partial charge in [0.15, 0.2) is 0 Å². The number of rotatable bonds is 6. The Morgan fingerprint density at radius 3 is 2.85 bits per heavy atom. The van der Waals surface area contributed by atoms with Gasteiger partial charge >= 0.3 is 0 Å². The summed E-state index contributed by atoms with van der Waals surface area (Å²) in [6.45, 7) is 10.1. The van der Waals surface area contributed by atoms with E-state index in [1.807, 2.05) is 11.3 Å². The van der Waals surface area contributed by atoms with E-state index < -0.39 is 0 Å². The molecule has 3 atom stereocenters. The maximum atomic E-state index is 6.24. The molecule has 0 amide bonds. The fraction of sp³-hybridized carbons (Fsp3) is 0.765. The molecule has 2 fully saturated rings. The third-order valence-corrected chi connectivity index (χ3v) is 7.07. The van der Waals surface area contributed by atoms with E-state index >= 15 is 0 Å². The Morgan fingerprint density at radius 2 is 2.25 bits per heavy atom. The first-order valence-electron chi connectivity index (χ1n) is 7.89. The highest BCUT2D eigenvalue weighted by atomic mass is 32.1. The van der Waals surface area contributed by atoms with E-state index in [4.69, 9.17) is 4.74 Å². The van der Waals surface area contributed by atoms with Crippen LogP contribution in [-0.2, 0) is 11.3 Å². The van der Waals surface area contributed by atoms with Crippen molar-refractivity contribution in [2.45, 2.75) is 52.7 Å². The number of hydrogen-bond donors (Lipinski definition) is 1. The Balaban J connectivity index is 1.42. The smallest absolute Gasteiger partial charge is 0.0637 e. The molecule has 0 radical (unpaired) electrons. The molecule has 1 N–H and O–H groups in total. The molecule has 0 aromatic carbocycles. The van der Waals surface area contributed by atoms with Crippen LogP contribution in [0.1, 0.15) is 44.9 Å². The highest BCUT2D eigenvalue weighted by molar-refractivity contribution is 7.09. The minimum absolute atomic E-state index is 0.394. The van der Waals surface area contributed by atoms with Crippen molar-refractivity contribution in [1.29, 1.82) is 0 Å². The number of hydrogen-bond acceptors (Lipinski definition) is 3. The fourth-order valence-electron chi connectivity index (χ4n) is 4.28.